The SMILES string of the molecule is CCCN1CCC(C(C)NCCCN2CCCCC2)CC1. The summed E-state index contributed by atoms with van der Waals surface area (Å²) in [5.74, 6) is 0.896. The van der Waals surface area contributed by atoms with Gasteiger partial charge in [0.2, 0.25) is 0 Å². The molecular weight excluding hydrogens is 258 g/mol. The second-order valence-corrected chi connectivity index (χ2v) is 7.18. The molecule has 1 atom stereocenters. The summed E-state index contributed by atoms with van der Waals surface area (Å²) in [7, 11) is 0. The van der Waals surface area contributed by atoms with Crippen molar-refractivity contribution in [1.82, 2.24) is 15.1 Å². The van der Waals surface area contributed by atoms with Crippen molar-refractivity contribution < 1.29 is 0 Å². The van der Waals surface area contributed by atoms with Crippen LogP contribution < -0.4 is 5.32 Å². The molecule has 124 valence electrons. The Bertz CT molecular complexity index is 255. The van der Waals surface area contributed by atoms with Gasteiger partial charge < -0.3 is 15.1 Å². The number of nitrogens with one attached hydrogen (secondary N) is 1. The maximum absolute atomic E-state index is 3.79. The molecule has 21 heavy (non-hydrogen) atoms. The predicted octanol–water partition coefficient (Wildman–Crippen LogP) is 2.96. The molecular formula is C18H37N3. The Morgan fingerprint density at radius 3 is 2.29 bits per heavy atom. The van der Waals surface area contributed by atoms with E-state index in [1.165, 1.54) is 90.8 Å². The minimum absolute atomic E-state index is 0.704. The van der Waals surface area contributed by atoms with Gasteiger partial charge in [0.05, 0.1) is 0 Å². The molecule has 2 fully saturated rings. The van der Waals surface area contributed by atoms with E-state index in [4.69, 9.17) is 0 Å². The van der Waals surface area contributed by atoms with Crippen molar-refractivity contribution in [3.05, 3.63) is 0 Å². The number of rotatable bonds is 8. The largest absolute Gasteiger partial charge is 0.314 e. The van der Waals surface area contributed by atoms with Crippen LogP contribution in [0.2, 0.25) is 0 Å². The van der Waals surface area contributed by atoms with Gasteiger partial charge >= 0.3 is 0 Å². The van der Waals surface area contributed by atoms with Gasteiger partial charge in [-0.2, -0.15) is 0 Å². The number of likely N-dealkylation sites (tertiary alicyclic amines) is 2. The Balaban J connectivity index is 1.52. The van der Waals surface area contributed by atoms with E-state index in [9.17, 15) is 0 Å². The fourth-order valence-electron chi connectivity index (χ4n) is 3.97. The molecule has 0 aromatic carbocycles. The third-order valence-electron chi connectivity index (χ3n) is 5.45. The van der Waals surface area contributed by atoms with Gasteiger partial charge in [-0.05, 0) is 97.2 Å². The lowest BCUT2D eigenvalue weighted by molar-refractivity contribution is 0.161. The van der Waals surface area contributed by atoms with E-state index in [1.807, 2.05) is 0 Å². The van der Waals surface area contributed by atoms with Crippen molar-refractivity contribution in [3.63, 3.8) is 0 Å². The standard InChI is InChI=1S/C18H37N3/c1-3-11-20-15-8-18(9-16-20)17(2)19-10-7-14-21-12-5-4-6-13-21/h17-19H,3-16H2,1-2H3. The highest BCUT2D eigenvalue weighted by molar-refractivity contribution is 4.79. The van der Waals surface area contributed by atoms with Gasteiger partial charge in [-0.3, -0.25) is 0 Å². The first kappa shape index (κ1) is 17.2. The van der Waals surface area contributed by atoms with Gasteiger partial charge in [-0.25, -0.2) is 0 Å². The average molecular weight is 296 g/mol. The van der Waals surface area contributed by atoms with Gasteiger partial charge in [0.1, 0.15) is 0 Å². The van der Waals surface area contributed by atoms with E-state index in [2.05, 4.69) is 29.0 Å². The summed E-state index contributed by atoms with van der Waals surface area (Å²) in [4.78, 5) is 5.29. The topological polar surface area (TPSA) is 18.5 Å². The van der Waals surface area contributed by atoms with Crippen LogP contribution in [0.3, 0.4) is 0 Å². The zero-order chi connectivity index (χ0) is 14.9. The van der Waals surface area contributed by atoms with Gasteiger partial charge in [-0.15, -0.1) is 0 Å². The van der Waals surface area contributed by atoms with E-state index >= 15 is 0 Å². The van der Waals surface area contributed by atoms with Crippen LogP contribution in [0.25, 0.3) is 0 Å². The van der Waals surface area contributed by atoms with Gasteiger partial charge in [0.15, 0.2) is 0 Å². The molecule has 2 aliphatic rings. The summed E-state index contributed by atoms with van der Waals surface area (Å²) >= 11 is 0. The lowest BCUT2D eigenvalue weighted by atomic mass is 9.90. The maximum atomic E-state index is 3.79. The third-order valence-corrected chi connectivity index (χ3v) is 5.45. The van der Waals surface area contributed by atoms with E-state index in [0.29, 0.717) is 6.04 Å². The highest BCUT2D eigenvalue weighted by atomic mass is 15.1. The molecule has 0 amide bonds. The fraction of sp³-hybridized carbons (Fsp3) is 1.00. The molecule has 3 heteroatoms. The first-order chi connectivity index (χ1) is 10.3. The van der Waals surface area contributed by atoms with Crippen molar-refractivity contribution >= 4 is 0 Å². The Labute approximate surface area is 132 Å². The molecule has 3 nitrogen and oxygen atoms in total. The fourth-order valence-corrected chi connectivity index (χ4v) is 3.97. The molecule has 1 unspecified atom stereocenters. The first-order valence-corrected chi connectivity index (χ1v) is 9.47. The van der Waals surface area contributed by atoms with Crippen molar-refractivity contribution in [3.8, 4) is 0 Å². The van der Waals surface area contributed by atoms with Gasteiger partial charge in [-0.1, -0.05) is 13.3 Å². The molecule has 0 saturated carbocycles. The molecule has 2 saturated heterocycles. The minimum atomic E-state index is 0.704. The van der Waals surface area contributed by atoms with Crippen molar-refractivity contribution in [2.45, 2.75) is 64.8 Å². The Kier molecular flexibility index (Phi) is 8.05. The van der Waals surface area contributed by atoms with Gasteiger partial charge in [0, 0.05) is 6.04 Å². The van der Waals surface area contributed by atoms with Crippen LogP contribution in [0.4, 0.5) is 0 Å². The van der Waals surface area contributed by atoms with Crippen LogP contribution in [0.5, 0.6) is 0 Å². The highest BCUT2D eigenvalue weighted by Gasteiger charge is 2.22. The summed E-state index contributed by atoms with van der Waals surface area (Å²) in [6, 6.07) is 0.704. The smallest absolute Gasteiger partial charge is 0.00679 e. The summed E-state index contributed by atoms with van der Waals surface area (Å²) in [6.07, 6.45) is 9.68. The second-order valence-electron chi connectivity index (χ2n) is 7.18. The lowest BCUT2D eigenvalue weighted by Crippen LogP contribution is -2.42. The summed E-state index contributed by atoms with van der Waals surface area (Å²) in [6.45, 7) is 13.8. The van der Waals surface area contributed by atoms with Crippen molar-refractivity contribution in [1.29, 1.82) is 0 Å². The van der Waals surface area contributed by atoms with E-state index in [-0.39, 0.29) is 0 Å². The van der Waals surface area contributed by atoms with Crippen LogP contribution in [0, 0.1) is 5.92 Å². The molecule has 0 bridgehead atoms. The van der Waals surface area contributed by atoms with Gasteiger partial charge in [0.25, 0.3) is 0 Å². The molecule has 0 radical (unpaired) electrons. The Hall–Kier alpha value is -0.120. The number of hydrogen-bond acceptors (Lipinski definition) is 3. The number of hydrogen-bond donors (Lipinski definition) is 1. The Morgan fingerprint density at radius 1 is 0.952 bits per heavy atom. The van der Waals surface area contributed by atoms with Crippen molar-refractivity contribution in [2.24, 2.45) is 5.92 Å². The first-order valence-electron chi connectivity index (χ1n) is 9.47. The quantitative estimate of drug-likeness (QED) is 0.695. The van der Waals surface area contributed by atoms with Crippen LogP contribution in [0.1, 0.15) is 58.8 Å². The molecule has 2 heterocycles. The molecule has 1 N–H and O–H groups in total. The zero-order valence-corrected chi connectivity index (χ0v) is 14.4. The van der Waals surface area contributed by atoms with E-state index in [0.717, 1.165) is 5.92 Å². The third kappa shape index (κ3) is 6.25. The van der Waals surface area contributed by atoms with Crippen molar-refractivity contribution in [2.75, 3.05) is 45.8 Å². The minimum Gasteiger partial charge on any atom is -0.314 e. The molecule has 0 aliphatic carbocycles. The second kappa shape index (κ2) is 9.81. The monoisotopic (exact) mass is 295 g/mol. The summed E-state index contributed by atoms with van der Waals surface area (Å²) in [5, 5.41) is 3.79. The number of piperidine rings is 2. The van der Waals surface area contributed by atoms with E-state index < -0.39 is 0 Å². The lowest BCUT2D eigenvalue weighted by Gasteiger charge is -2.35. The molecule has 0 aromatic rings. The zero-order valence-electron chi connectivity index (χ0n) is 14.4. The molecule has 2 aliphatic heterocycles. The van der Waals surface area contributed by atoms with Crippen LogP contribution in [0.15, 0.2) is 0 Å². The maximum Gasteiger partial charge on any atom is 0.00679 e. The Morgan fingerprint density at radius 2 is 1.62 bits per heavy atom. The average Bonchev–Trinajstić information content (AvgIpc) is 2.53. The van der Waals surface area contributed by atoms with Crippen LogP contribution in [-0.4, -0.2) is 61.7 Å². The summed E-state index contributed by atoms with van der Waals surface area (Å²) < 4.78 is 0. The predicted molar refractivity (Wildman–Crippen MR) is 91.8 cm³/mol. The van der Waals surface area contributed by atoms with Crippen LogP contribution >= 0.6 is 0 Å². The number of nitrogens with zero attached hydrogens (tertiary/aromatic N) is 2. The molecule has 2 rings (SSSR count). The summed E-state index contributed by atoms with van der Waals surface area (Å²) in [5.41, 5.74) is 0. The van der Waals surface area contributed by atoms with E-state index in [1.54, 1.807) is 0 Å². The normalized spacial score (nSPS) is 24.3. The van der Waals surface area contributed by atoms with Crippen LogP contribution in [-0.2, 0) is 0 Å². The molecule has 0 spiro atoms. The highest BCUT2D eigenvalue weighted by Crippen LogP contribution is 2.20. The molecule has 0 aromatic heterocycles.